The molecule has 1 heterocycles. The third-order valence-electron chi connectivity index (χ3n) is 4.61. The SMILES string of the molecule is O=C(C[C@@H]1C=CCC1)Nc1cccc(S(=O)(=O)NC2=NCCCCC2)c1. The summed E-state index contributed by atoms with van der Waals surface area (Å²) in [4.78, 5) is 16.6. The van der Waals surface area contributed by atoms with E-state index < -0.39 is 10.0 Å². The van der Waals surface area contributed by atoms with Crippen LogP contribution < -0.4 is 10.0 Å². The van der Waals surface area contributed by atoms with Gasteiger partial charge in [-0.25, -0.2) is 8.42 Å². The van der Waals surface area contributed by atoms with E-state index in [4.69, 9.17) is 0 Å². The van der Waals surface area contributed by atoms with Gasteiger partial charge in [0.05, 0.1) is 4.90 Å². The lowest BCUT2D eigenvalue weighted by Crippen LogP contribution is -2.30. The number of sulfonamides is 1. The number of hydrogen-bond acceptors (Lipinski definition) is 4. The molecule has 1 aliphatic carbocycles. The van der Waals surface area contributed by atoms with E-state index in [1.165, 1.54) is 12.1 Å². The molecule has 0 unspecified atom stereocenters. The van der Waals surface area contributed by atoms with Gasteiger partial charge >= 0.3 is 0 Å². The Kier molecular flexibility index (Phi) is 6.08. The molecule has 0 saturated heterocycles. The number of amides is 1. The molecule has 0 aromatic heterocycles. The molecule has 140 valence electrons. The number of carbonyl (C=O) groups is 1. The van der Waals surface area contributed by atoms with E-state index in [2.05, 4.69) is 27.2 Å². The first-order valence-corrected chi connectivity index (χ1v) is 10.6. The number of aliphatic imine (C=N–C) groups is 1. The Bertz CT molecular complexity index is 815. The minimum Gasteiger partial charge on any atom is -0.326 e. The number of carbonyl (C=O) groups excluding carboxylic acids is 1. The fourth-order valence-corrected chi connectivity index (χ4v) is 4.36. The number of hydrogen-bond donors (Lipinski definition) is 2. The van der Waals surface area contributed by atoms with Crippen LogP contribution in [0.25, 0.3) is 0 Å². The second-order valence-corrected chi connectivity index (χ2v) is 8.47. The lowest BCUT2D eigenvalue weighted by atomic mass is 10.1. The van der Waals surface area contributed by atoms with Crippen LogP contribution in [0.4, 0.5) is 5.69 Å². The molecule has 26 heavy (non-hydrogen) atoms. The van der Waals surface area contributed by atoms with Gasteiger partial charge in [-0.1, -0.05) is 24.6 Å². The average Bonchev–Trinajstić information content (AvgIpc) is 2.97. The summed E-state index contributed by atoms with van der Waals surface area (Å²) in [5.74, 6) is 0.694. The van der Waals surface area contributed by atoms with Crippen LogP contribution in [0, 0.1) is 5.92 Å². The predicted octanol–water partition coefficient (Wildman–Crippen LogP) is 3.23. The second-order valence-electron chi connectivity index (χ2n) is 6.79. The summed E-state index contributed by atoms with van der Waals surface area (Å²) < 4.78 is 27.8. The van der Waals surface area contributed by atoms with Gasteiger partial charge in [-0.05, 0) is 49.8 Å². The molecule has 0 saturated carbocycles. The molecule has 1 atom stereocenters. The number of nitrogens with zero attached hydrogens (tertiary/aromatic N) is 1. The standard InChI is InChI=1S/C19H25N3O3S/c23-19(13-15-7-3-4-8-15)21-16-9-6-10-17(14-16)26(24,25)22-18-11-2-1-5-12-20-18/h3,6-7,9-10,14-15H,1-2,4-5,8,11-13H2,(H,20,22)(H,21,23)/t15-/m1/s1. The van der Waals surface area contributed by atoms with Crippen molar-refractivity contribution in [3.8, 4) is 0 Å². The molecule has 0 bridgehead atoms. The smallest absolute Gasteiger partial charge is 0.262 e. The summed E-state index contributed by atoms with van der Waals surface area (Å²) in [5, 5.41) is 2.80. The monoisotopic (exact) mass is 375 g/mol. The van der Waals surface area contributed by atoms with Crippen LogP contribution >= 0.6 is 0 Å². The molecule has 1 aliphatic heterocycles. The highest BCUT2D eigenvalue weighted by Gasteiger charge is 2.19. The molecule has 0 radical (unpaired) electrons. The highest BCUT2D eigenvalue weighted by Crippen LogP contribution is 2.22. The van der Waals surface area contributed by atoms with Gasteiger partial charge in [0.25, 0.3) is 10.0 Å². The normalized spacial score (nSPS) is 20.3. The molecular formula is C19H25N3O3S. The highest BCUT2D eigenvalue weighted by atomic mass is 32.2. The minimum absolute atomic E-state index is 0.0998. The Hall–Kier alpha value is -2.15. The first kappa shape index (κ1) is 18.6. The molecule has 0 fully saturated rings. The van der Waals surface area contributed by atoms with Crippen molar-refractivity contribution in [1.82, 2.24) is 4.72 Å². The fourth-order valence-electron chi connectivity index (χ4n) is 3.23. The molecule has 2 aliphatic rings. The van der Waals surface area contributed by atoms with Crippen molar-refractivity contribution in [3.63, 3.8) is 0 Å². The van der Waals surface area contributed by atoms with Crippen molar-refractivity contribution in [2.24, 2.45) is 10.9 Å². The van der Waals surface area contributed by atoms with Gasteiger partial charge in [-0.2, -0.15) is 0 Å². The molecule has 0 spiro atoms. The van der Waals surface area contributed by atoms with Crippen LogP contribution in [0.15, 0.2) is 46.3 Å². The second kappa shape index (κ2) is 8.49. The van der Waals surface area contributed by atoms with Crippen molar-refractivity contribution >= 4 is 27.5 Å². The van der Waals surface area contributed by atoms with Crippen LogP contribution in [0.5, 0.6) is 0 Å². The van der Waals surface area contributed by atoms with Crippen molar-refractivity contribution < 1.29 is 13.2 Å². The molecule has 1 aromatic rings. The van der Waals surface area contributed by atoms with Gasteiger partial charge in [0.15, 0.2) is 0 Å². The lowest BCUT2D eigenvalue weighted by Gasteiger charge is -2.12. The van der Waals surface area contributed by atoms with Gasteiger partial charge in [-0.3, -0.25) is 14.5 Å². The Labute approximate surface area is 154 Å². The summed E-state index contributed by atoms with van der Waals surface area (Å²) >= 11 is 0. The van der Waals surface area contributed by atoms with Crippen molar-refractivity contribution in [2.45, 2.75) is 49.8 Å². The summed E-state index contributed by atoms with van der Waals surface area (Å²) in [7, 11) is -3.70. The van der Waals surface area contributed by atoms with Gasteiger partial charge < -0.3 is 5.32 Å². The third kappa shape index (κ3) is 5.17. The van der Waals surface area contributed by atoms with Crippen molar-refractivity contribution in [3.05, 3.63) is 36.4 Å². The van der Waals surface area contributed by atoms with Crippen molar-refractivity contribution in [2.75, 3.05) is 11.9 Å². The van der Waals surface area contributed by atoms with Crippen LogP contribution in [-0.2, 0) is 14.8 Å². The molecule has 6 nitrogen and oxygen atoms in total. The number of amidine groups is 1. The minimum atomic E-state index is -3.70. The summed E-state index contributed by atoms with van der Waals surface area (Å²) in [6.07, 6.45) is 10.2. The van der Waals surface area contributed by atoms with Crippen LogP contribution in [0.3, 0.4) is 0 Å². The zero-order chi connectivity index (χ0) is 18.4. The maximum atomic E-state index is 12.6. The highest BCUT2D eigenvalue weighted by molar-refractivity contribution is 7.90. The van der Waals surface area contributed by atoms with E-state index in [1.54, 1.807) is 12.1 Å². The maximum absolute atomic E-state index is 12.6. The maximum Gasteiger partial charge on any atom is 0.262 e. The molecular weight excluding hydrogens is 350 g/mol. The van der Waals surface area contributed by atoms with E-state index in [0.717, 1.165) is 32.1 Å². The fraction of sp³-hybridized carbons (Fsp3) is 0.474. The zero-order valence-electron chi connectivity index (χ0n) is 14.8. The van der Waals surface area contributed by atoms with E-state index >= 15 is 0 Å². The van der Waals surface area contributed by atoms with Crippen LogP contribution in [0.1, 0.15) is 44.9 Å². The van der Waals surface area contributed by atoms with E-state index in [0.29, 0.717) is 30.9 Å². The van der Waals surface area contributed by atoms with E-state index in [1.807, 2.05) is 0 Å². The topological polar surface area (TPSA) is 87.6 Å². The lowest BCUT2D eigenvalue weighted by molar-refractivity contribution is -0.116. The summed E-state index contributed by atoms with van der Waals surface area (Å²) in [6, 6.07) is 6.34. The zero-order valence-corrected chi connectivity index (χ0v) is 15.6. The third-order valence-corrected chi connectivity index (χ3v) is 5.99. The predicted molar refractivity (Wildman–Crippen MR) is 103 cm³/mol. The Morgan fingerprint density at radius 3 is 2.92 bits per heavy atom. The largest absolute Gasteiger partial charge is 0.326 e. The van der Waals surface area contributed by atoms with E-state index in [-0.39, 0.29) is 16.7 Å². The summed E-state index contributed by atoms with van der Waals surface area (Å²) in [6.45, 7) is 0.656. The van der Waals surface area contributed by atoms with Gasteiger partial charge in [0.2, 0.25) is 5.91 Å². The molecule has 2 N–H and O–H groups in total. The Morgan fingerprint density at radius 2 is 2.12 bits per heavy atom. The number of benzene rings is 1. The molecule has 3 rings (SSSR count). The molecule has 1 aromatic carbocycles. The number of rotatable bonds is 5. The molecule has 7 heteroatoms. The quantitative estimate of drug-likeness (QED) is 0.775. The van der Waals surface area contributed by atoms with E-state index in [9.17, 15) is 13.2 Å². The number of nitrogens with one attached hydrogen (secondary N) is 2. The van der Waals surface area contributed by atoms with Gasteiger partial charge in [0.1, 0.15) is 5.84 Å². The Morgan fingerprint density at radius 1 is 1.23 bits per heavy atom. The molecule has 1 amide bonds. The van der Waals surface area contributed by atoms with Gasteiger partial charge in [-0.15, -0.1) is 0 Å². The first-order valence-electron chi connectivity index (χ1n) is 9.16. The van der Waals surface area contributed by atoms with Crippen molar-refractivity contribution in [1.29, 1.82) is 0 Å². The van der Waals surface area contributed by atoms with Crippen LogP contribution in [0.2, 0.25) is 0 Å². The van der Waals surface area contributed by atoms with Crippen LogP contribution in [-0.4, -0.2) is 26.7 Å². The van der Waals surface area contributed by atoms with Gasteiger partial charge in [0, 0.05) is 25.1 Å². The number of allylic oxidation sites excluding steroid dienone is 2. The number of anilines is 1. The first-order chi connectivity index (χ1) is 12.5. The summed E-state index contributed by atoms with van der Waals surface area (Å²) in [5.41, 5.74) is 0.489. The Balaban J connectivity index is 1.66. The average molecular weight is 375 g/mol.